The average Bonchev–Trinajstić information content (AvgIpc) is 3.39. The normalized spacial score (nSPS) is 17.1. The van der Waals surface area contributed by atoms with Gasteiger partial charge in [0.2, 0.25) is 11.8 Å². The van der Waals surface area contributed by atoms with Gasteiger partial charge in [-0.05, 0) is 50.5 Å². The Morgan fingerprint density at radius 1 is 1.20 bits per heavy atom. The molecule has 2 heterocycles. The highest BCUT2D eigenvalue weighted by molar-refractivity contribution is 5.92. The first-order chi connectivity index (χ1) is 14.5. The van der Waals surface area contributed by atoms with Crippen molar-refractivity contribution in [2.75, 3.05) is 11.9 Å². The van der Waals surface area contributed by atoms with Crippen LogP contribution in [-0.2, 0) is 20.9 Å². The fourth-order valence-electron chi connectivity index (χ4n) is 3.79. The molecule has 4 rings (SSSR count). The Bertz CT molecular complexity index is 1070. The van der Waals surface area contributed by atoms with Crippen LogP contribution in [-0.4, -0.2) is 34.1 Å². The quantitative estimate of drug-likeness (QED) is 0.658. The molecule has 7 heteroatoms. The first kappa shape index (κ1) is 20.1. The molecule has 156 valence electrons. The molecular weight excluding hydrogens is 380 g/mol. The molecule has 0 bridgehead atoms. The van der Waals surface area contributed by atoms with E-state index in [1.807, 2.05) is 66.9 Å². The topological polar surface area (TPSA) is 85.2 Å². The smallest absolute Gasteiger partial charge is 0.249 e. The summed E-state index contributed by atoms with van der Waals surface area (Å²) >= 11 is 0. The number of anilines is 1. The van der Waals surface area contributed by atoms with Gasteiger partial charge in [-0.15, -0.1) is 0 Å². The molecule has 2 aromatic carbocycles. The number of para-hydroxylation sites is 3. The molecule has 2 amide bonds. The molecule has 1 fully saturated rings. The number of benzene rings is 2. The number of carbonyl (C=O) groups is 2. The predicted molar refractivity (Wildman–Crippen MR) is 115 cm³/mol. The summed E-state index contributed by atoms with van der Waals surface area (Å²) in [7, 11) is 0. The van der Waals surface area contributed by atoms with Crippen LogP contribution < -0.4 is 10.6 Å². The number of carbonyl (C=O) groups excluding carboxylic acids is 2. The van der Waals surface area contributed by atoms with Crippen molar-refractivity contribution in [3.05, 3.63) is 59.9 Å². The van der Waals surface area contributed by atoms with Crippen molar-refractivity contribution in [3.63, 3.8) is 0 Å². The number of hydrogen-bond acceptors (Lipinski definition) is 4. The second-order valence-corrected chi connectivity index (χ2v) is 7.64. The molecule has 1 aliphatic heterocycles. The third kappa shape index (κ3) is 4.21. The fourth-order valence-corrected chi connectivity index (χ4v) is 3.79. The molecule has 2 unspecified atom stereocenters. The number of aryl methyl sites for hydroxylation is 1. The maximum Gasteiger partial charge on any atom is 0.249 e. The highest BCUT2D eigenvalue weighted by atomic mass is 16.5. The van der Waals surface area contributed by atoms with Crippen LogP contribution in [0.15, 0.2) is 48.5 Å². The van der Waals surface area contributed by atoms with Crippen LogP contribution >= 0.6 is 0 Å². The number of nitrogens with zero attached hydrogens (tertiary/aromatic N) is 2. The van der Waals surface area contributed by atoms with Gasteiger partial charge in [0.1, 0.15) is 18.5 Å². The Balaban J connectivity index is 1.57. The van der Waals surface area contributed by atoms with Crippen LogP contribution in [0.4, 0.5) is 5.69 Å². The summed E-state index contributed by atoms with van der Waals surface area (Å²) in [5.41, 5.74) is 3.42. The van der Waals surface area contributed by atoms with Gasteiger partial charge in [-0.3, -0.25) is 9.59 Å². The molecule has 30 heavy (non-hydrogen) atoms. The molecule has 1 saturated heterocycles. The zero-order valence-electron chi connectivity index (χ0n) is 17.2. The zero-order chi connectivity index (χ0) is 21.1. The summed E-state index contributed by atoms with van der Waals surface area (Å²) in [6.07, 6.45) is 1.22. The molecule has 7 nitrogen and oxygen atoms in total. The van der Waals surface area contributed by atoms with E-state index >= 15 is 0 Å². The van der Waals surface area contributed by atoms with Crippen molar-refractivity contribution >= 4 is 28.5 Å². The first-order valence-electron chi connectivity index (χ1n) is 10.3. The lowest BCUT2D eigenvalue weighted by molar-refractivity contribution is -0.130. The van der Waals surface area contributed by atoms with E-state index < -0.39 is 6.10 Å². The Labute approximate surface area is 175 Å². The lowest BCUT2D eigenvalue weighted by Crippen LogP contribution is -2.37. The van der Waals surface area contributed by atoms with Crippen LogP contribution in [0.2, 0.25) is 0 Å². The summed E-state index contributed by atoms with van der Waals surface area (Å²) < 4.78 is 7.34. The van der Waals surface area contributed by atoms with Crippen LogP contribution in [0.1, 0.15) is 37.2 Å². The summed E-state index contributed by atoms with van der Waals surface area (Å²) in [5, 5.41) is 5.96. The third-order valence-corrected chi connectivity index (χ3v) is 5.37. The van der Waals surface area contributed by atoms with Crippen molar-refractivity contribution in [3.8, 4) is 0 Å². The van der Waals surface area contributed by atoms with E-state index in [4.69, 9.17) is 9.72 Å². The van der Waals surface area contributed by atoms with Gasteiger partial charge in [0.05, 0.1) is 17.1 Å². The maximum atomic E-state index is 12.8. The summed E-state index contributed by atoms with van der Waals surface area (Å²) in [5.74, 6) is 0.358. The molecule has 2 atom stereocenters. The molecule has 0 spiro atoms. The minimum absolute atomic E-state index is 0.102. The minimum atomic E-state index is -0.408. The number of amides is 2. The molecular formula is C23H26N4O3. The first-order valence-corrected chi connectivity index (χ1v) is 10.3. The number of rotatable bonds is 6. The Morgan fingerprint density at radius 3 is 2.73 bits per heavy atom. The van der Waals surface area contributed by atoms with E-state index in [1.165, 1.54) is 0 Å². The van der Waals surface area contributed by atoms with Gasteiger partial charge in [-0.2, -0.15) is 0 Å². The van der Waals surface area contributed by atoms with Crippen molar-refractivity contribution in [2.45, 2.75) is 45.4 Å². The number of imidazole rings is 1. The minimum Gasteiger partial charge on any atom is -0.368 e. The van der Waals surface area contributed by atoms with E-state index in [-0.39, 0.29) is 24.4 Å². The summed E-state index contributed by atoms with van der Waals surface area (Å²) in [6, 6.07) is 15.0. The number of fused-ring (bicyclic) bond motifs is 1. The van der Waals surface area contributed by atoms with Crippen molar-refractivity contribution in [1.29, 1.82) is 0 Å². The third-order valence-electron chi connectivity index (χ3n) is 5.37. The molecule has 0 aliphatic carbocycles. The fraction of sp³-hybridized carbons (Fsp3) is 0.348. The van der Waals surface area contributed by atoms with E-state index in [9.17, 15) is 9.59 Å². The van der Waals surface area contributed by atoms with Crippen molar-refractivity contribution in [1.82, 2.24) is 14.9 Å². The van der Waals surface area contributed by atoms with E-state index in [2.05, 4.69) is 10.6 Å². The standard InChI is InChI=1S/C23H26N4O3/c1-15-8-3-4-9-17(15)25-21(28)14-27-19-11-6-5-10-18(19)26-22(27)16(2)24-23(29)20-12-7-13-30-20/h3-6,8-11,16,20H,7,12-14H2,1-2H3,(H,24,29)(H,25,28). The number of hydrogen-bond donors (Lipinski definition) is 2. The monoisotopic (exact) mass is 406 g/mol. The lowest BCUT2D eigenvalue weighted by atomic mass is 10.2. The average molecular weight is 406 g/mol. The predicted octanol–water partition coefficient (Wildman–Crippen LogP) is 3.34. The van der Waals surface area contributed by atoms with Gasteiger partial charge < -0.3 is 19.9 Å². The zero-order valence-corrected chi connectivity index (χ0v) is 17.2. The molecule has 1 aromatic heterocycles. The Kier molecular flexibility index (Phi) is 5.81. The van der Waals surface area contributed by atoms with Gasteiger partial charge in [0, 0.05) is 12.3 Å². The van der Waals surface area contributed by atoms with Gasteiger partial charge in [0.15, 0.2) is 0 Å². The van der Waals surface area contributed by atoms with Crippen LogP contribution in [0.5, 0.6) is 0 Å². The van der Waals surface area contributed by atoms with E-state index in [0.717, 1.165) is 35.1 Å². The van der Waals surface area contributed by atoms with Crippen LogP contribution in [0.25, 0.3) is 11.0 Å². The van der Waals surface area contributed by atoms with Crippen LogP contribution in [0.3, 0.4) is 0 Å². The molecule has 2 N–H and O–H groups in total. The molecule has 1 aliphatic rings. The largest absolute Gasteiger partial charge is 0.368 e. The molecule has 0 saturated carbocycles. The Hall–Kier alpha value is -3.19. The highest BCUT2D eigenvalue weighted by Gasteiger charge is 2.27. The van der Waals surface area contributed by atoms with Gasteiger partial charge in [-0.25, -0.2) is 4.98 Å². The Morgan fingerprint density at radius 2 is 1.97 bits per heavy atom. The summed E-state index contributed by atoms with van der Waals surface area (Å²) in [4.78, 5) is 30.0. The van der Waals surface area contributed by atoms with Crippen molar-refractivity contribution < 1.29 is 14.3 Å². The number of nitrogens with one attached hydrogen (secondary N) is 2. The molecule has 0 radical (unpaired) electrons. The molecule has 3 aromatic rings. The lowest BCUT2D eigenvalue weighted by Gasteiger charge is -2.18. The second-order valence-electron chi connectivity index (χ2n) is 7.64. The number of aromatic nitrogens is 2. The van der Waals surface area contributed by atoms with Crippen molar-refractivity contribution in [2.24, 2.45) is 0 Å². The van der Waals surface area contributed by atoms with Crippen LogP contribution in [0, 0.1) is 6.92 Å². The van der Waals surface area contributed by atoms with Gasteiger partial charge >= 0.3 is 0 Å². The number of ether oxygens (including phenoxy) is 1. The van der Waals surface area contributed by atoms with Gasteiger partial charge in [-0.1, -0.05) is 30.3 Å². The summed E-state index contributed by atoms with van der Waals surface area (Å²) in [6.45, 7) is 4.55. The van der Waals surface area contributed by atoms with E-state index in [1.54, 1.807) is 0 Å². The SMILES string of the molecule is Cc1ccccc1NC(=O)Cn1c(C(C)NC(=O)C2CCCO2)nc2ccccc21. The highest BCUT2D eigenvalue weighted by Crippen LogP contribution is 2.22. The second kappa shape index (κ2) is 8.67. The van der Waals surface area contributed by atoms with Gasteiger partial charge in [0.25, 0.3) is 0 Å². The van der Waals surface area contributed by atoms with E-state index in [0.29, 0.717) is 12.4 Å². The maximum absolute atomic E-state index is 12.8.